The molecule has 0 heterocycles. The molecular weight excluding hydrogens is 236 g/mol. The molecule has 0 aliphatic heterocycles. The highest BCUT2D eigenvalue weighted by Gasteiger charge is 1.97. The summed E-state index contributed by atoms with van der Waals surface area (Å²) in [6.45, 7) is 5.59. The minimum Gasteiger partial charge on any atom is -0.389 e. The number of rotatable bonds is 8. The first-order valence-electron chi connectivity index (χ1n) is 6.87. The van der Waals surface area contributed by atoms with Crippen LogP contribution in [0.5, 0.6) is 0 Å². The van der Waals surface area contributed by atoms with Crippen LogP contribution in [-0.4, -0.2) is 22.4 Å². The summed E-state index contributed by atoms with van der Waals surface area (Å²) in [5, 5.41) is 18.7. The number of allylic oxidation sites excluding steroid dienone is 1. The van der Waals surface area contributed by atoms with Crippen molar-refractivity contribution < 1.29 is 10.2 Å². The van der Waals surface area contributed by atoms with Gasteiger partial charge in [0.1, 0.15) is 6.10 Å². The van der Waals surface area contributed by atoms with Crippen molar-refractivity contribution in [3.63, 3.8) is 0 Å². The van der Waals surface area contributed by atoms with Crippen LogP contribution in [-0.2, 0) is 0 Å². The molecule has 19 heavy (non-hydrogen) atoms. The van der Waals surface area contributed by atoms with Gasteiger partial charge >= 0.3 is 0 Å². The average molecular weight is 260 g/mol. The summed E-state index contributed by atoms with van der Waals surface area (Å²) in [7, 11) is 0. The van der Waals surface area contributed by atoms with E-state index in [1.54, 1.807) is 12.2 Å². The molecular formula is C17H24O2. The maximum atomic E-state index is 9.64. The van der Waals surface area contributed by atoms with Crippen molar-refractivity contribution in [3.05, 3.63) is 24.8 Å². The zero-order valence-corrected chi connectivity index (χ0v) is 11.7. The van der Waals surface area contributed by atoms with Crippen molar-refractivity contribution in [2.24, 2.45) is 0 Å². The monoisotopic (exact) mass is 260 g/mol. The van der Waals surface area contributed by atoms with Crippen LogP contribution in [0.3, 0.4) is 0 Å². The molecule has 2 nitrogen and oxygen atoms in total. The first-order chi connectivity index (χ1) is 9.20. The third-order valence-electron chi connectivity index (χ3n) is 2.58. The maximum Gasteiger partial charge on any atom is 0.134 e. The Morgan fingerprint density at radius 1 is 1.11 bits per heavy atom. The summed E-state index contributed by atoms with van der Waals surface area (Å²) in [5.41, 5.74) is 0. The van der Waals surface area contributed by atoms with Crippen LogP contribution >= 0.6 is 0 Å². The summed E-state index contributed by atoms with van der Waals surface area (Å²) in [4.78, 5) is 0. The van der Waals surface area contributed by atoms with E-state index in [1.165, 1.54) is 31.8 Å². The number of aliphatic hydroxyl groups excluding tert-OH is 2. The predicted octanol–water partition coefficient (Wildman–Crippen LogP) is 2.82. The van der Waals surface area contributed by atoms with E-state index in [-0.39, 0.29) is 0 Å². The minimum absolute atomic E-state index is 0.428. The molecule has 104 valence electrons. The van der Waals surface area contributed by atoms with Crippen molar-refractivity contribution >= 4 is 0 Å². The van der Waals surface area contributed by atoms with E-state index in [9.17, 15) is 5.11 Å². The van der Waals surface area contributed by atoms with Crippen molar-refractivity contribution in [1.29, 1.82) is 0 Å². The van der Waals surface area contributed by atoms with E-state index in [0.29, 0.717) is 0 Å². The maximum absolute atomic E-state index is 9.64. The number of aliphatic hydroxyl groups is 2. The van der Waals surface area contributed by atoms with Gasteiger partial charge in [-0.2, -0.15) is 0 Å². The molecule has 0 rings (SSSR count). The molecule has 0 unspecified atom stereocenters. The third-order valence-corrected chi connectivity index (χ3v) is 2.58. The highest BCUT2D eigenvalue weighted by atomic mass is 16.3. The van der Waals surface area contributed by atoms with Crippen LogP contribution in [0.25, 0.3) is 0 Å². The smallest absolute Gasteiger partial charge is 0.134 e. The van der Waals surface area contributed by atoms with Gasteiger partial charge in [0.2, 0.25) is 0 Å². The van der Waals surface area contributed by atoms with Gasteiger partial charge in [0, 0.05) is 0 Å². The molecule has 0 aromatic carbocycles. The summed E-state index contributed by atoms with van der Waals surface area (Å²) in [6, 6.07) is 0. The molecule has 2 N–H and O–H groups in total. The largest absolute Gasteiger partial charge is 0.389 e. The van der Waals surface area contributed by atoms with Gasteiger partial charge in [-0.3, -0.25) is 0 Å². The van der Waals surface area contributed by atoms with Gasteiger partial charge in [-0.05, 0) is 30.4 Å². The van der Waals surface area contributed by atoms with Crippen molar-refractivity contribution in [2.75, 3.05) is 0 Å². The molecule has 0 radical (unpaired) electrons. The molecule has 2 heteroatoms. The van der Waals surface area contributed by atoms with Gasteiger partial charge in [-0.25, -0.2) is 0 Å². The predicted molar refractivity (Wildman–Crippen MR) is 80.3 cm³/mol. The highest BCUT2D eigenvalue weighted by molar-refractivity contribution is 5.32. The van der Waals surface area contributed by atoms with E-state index < -0.39 is 12.2 Å². The van der Waals surface area contributed by atoms with E-state index in [4.69, 9.17) is 5.11 Å². The van der Waals surface area contributed by atoms with Gasteiger partial charge in [-0.15, -0.1) is 0 Å². The van der Waals surface area contributed by atoms with Gasteiger partial charge in [-0.1, -0.05) is 63.5 Å². The third kappa shape index (κ3) is 12.8. The van der Waals surface area contributed by atoms with Gasteiger partial charge in [0.25, 0.3) is 0 Å². The molecule has 0 aliphatic rings. The van der Waals surface area contributed by atoms with Gasteiger partial charge in [0.15, 0.2) is 0 Å². The Balaban J connectivity index is 3.77. The van der Waals surface area contributed by atoms with Crippen molar-refractivity contribution in [1.82, 2.24) is 0 Å². The van der Waals surface area contributed by atoms with Crippen LogP contribution in [0.2, 0.25) is 0 Å². The quantitative estimate of drug-likeness (QED) is 0.400. The molecule has 0 fully saturated rings. The number of unbranched alkanes of at least 4 members (excludes halogenated alkanes) is 4. The van der Waals surface area contributed by atoms with Crippen LogP contribution in [0.4, 0.5) is 0 Å². The summed E-state index contributed by atoms with van der Waals surface area (Å²) < 4.78 is 0. The highest BCUT2D eigenvalue weighted by Crippen LogP contribution is 2.07. The molecule has 0 saturated heterocycles. The topological polar surface area (TPSA) is 40.5 Å². The zero-order chi connectivity index (χ0) is 14.3. The van der Waals surface area contributed by atoms with E-state index >= 15 is 0 Å². The lowest BCUT2D eigenvalue weighted by atomic mass is 10.1. The average Bonchev–Trinajstić information content (AvgIpc) is 2.42. The van der Waals surface area contributed by atoms with E-state index in [2.05, 4.69) is 37.2 Å². The molecule has 0 aliphatic carbocycles. The fourth-order valence-electron chi connectivity index (χ4n) is 1.46. The van der Waals surface area contributed by atoms with Gasteiger partial charge in [0.05, 0.1) is 6.10 Å². The number of hydrogen-bond acceptors (Lipinski definition) is 2. The SMILES string of the molecule is C=C[C@@H](O)C#CC#CC=C[C@@H](O)CCCCCCC. The Hall–Kier alpha value is -1.48. The Kier molecular flexibility index (Phi) is 12.0. The van der Waals surface area contributed by atoms with Gasteiger partial charge < -0.3 is 10.2 Å². The van der Waals surface area contributed by atoms with Crippen LogP contribution in [0.1, 0.15) is 45.4 Å². The Morgan fingerprint density at radius 2 is 1.84 bits per heavy atom. The minimum atomic E-state index is -0.827. The molecule has 0 aromatic rings. The first-order valence-corrected chi connectivity index (χ1v) is 6.87. The Bertz CT molecular complexity index is 374. The molecule has 0 spiro atoms. The van der Waals surface area contributed by atoms with Crippen LogP contribution < -0.4 is 0 Å². The standard InChI is InChI=1S/C17H24O2/c1-3-5-6-7-11-14-17(19)15-12-9-8-10-13-16(18)4-2/h4,12,15-19H,2-3,5-7,11,14H2,1H3/t16-,17+/m1/s1. The second kappa shape index (κ2) is 13.0. The second-order valence-electron chi connectivity index (χ2n) is 4.35. The lowest BCUT2D eigenvalue weighted by molar-refractivity contribution is 0.208. The molecule has 0 aromatic heterocycles. The fraction of sp³-hybridized carbons (Fsp3) is 0.529. The van der Waals surface area contributed by atoms with Crippen molar-refractivity contribution in [2.45, 2.75) is 57.7 Å². The zero-order valence-electron chi connectivity index (χ0n) is 11.7. The second-order valence-corrected chi connectivity index (χ2v) is 4.35. The lowest BCUT2D eigenvalue weighted by Crippen LogP contribution is -2.01. The summed E-state index contributed by atoms with van der Waals surface area (Å²) in [5.74, 6) is 10.3. The van der Waals surface area contributed by atoms with E-state index in [0.717, 1.165) is 12.8 Å². The first kappa shape index (κ1) is 17.5. The fourth-order valence-corrected chi connectivity index (χ4v) is 1.46. The summed E-state index contributed by atoms with van der Waals surface area (Å²) in [6.07, 6.45) is 10.1. The Labute approximate surface area is 117 Å². The van der Waals surface area contributed by atoms with Crippen molar-refractivity contribution in [3.8, 4) is 23.7 Å². The van der Waals surface area contributed by atoms with Crippen LogP contribution in [0.15, 0.2) is 24.8 Å². The normalized spacial score (nSPS) is 13.0. The number of hydrogen-bond donors (Lipinski definition) is 2. The van der Waals surface area contributed by atoms with E-state index in [1.807, 2.05) is 0 Å². The molecule has 2 atom stereocenters. The molecule has 0 amide bonds. The molecule has 0 saturated carbocycles. The Morgan fingerprint density at radius 3 is 2.53 bits per heavy atom. The lowest BCUT2D eigenvalue weighted by Gasteiger charge is -2.03. The molecule has 0 bridgehead atoms. The summed E-state index contributed by atoms with van der Waals surface area (Å²) >= 11 is 0. The van der Waals surface area contributed by atoms with Crippen LogP contribution in [0, 0.1) is 23.7 Å².